The maximum Gasteiger partial charge on any atom is 0.274 e. The molecule has 144 valence electrons. The highest BCUT2D eigenvalue weighted by atomic mass is 16.2. The second kappa shape index (κ2) is 7.46. The van der Waals surface area contributed by atoms with Crippen LogP contribution in [-0.4, -0.2) is 46.8 Å². The lowest BCUT2D eigenvalue weighted by atomic mass is 10.1. The van der Waals surface area contributed by atoms with Crippen molar-refractivity contribution in [2.75, 3.05) is 31.1 Å². The molecule has 0 atom stereocenters. The molecule has 6 heteroatoms. The number of aryl methyl sites for hydroxylation is 2. The number of piperazine rings is 1. The number of carbonyl (C=O) groups excluding carboxylic acids is 1. The van der Waals surface area contributed by atoms with Crippen LogP contribution in [0, 0.1) is 6.92 Å². The van der Waals surface area contributed by atoms with Gasteiger partial charge in [-0.2, -0.15) is 5.10 Å². The summed E-state index contributed by atoms with van der Waals surface area (Å²) in [7, 11) is 1.63. The normalized spacial score (nSPS) is 14.5. The lowest BCUT2D eigenvalue weighted by Gasteiger charge is -2.36. The van der Waals surface area contributed by atoms with Crippen LogP contribution < -0.4 is 10.5 Å². The average Bonchev–Trinajstić information content (AvgIpc) is 2.72. The van der Waals surface area contributed by atoms with Gasteiger partial charge in [-0.3, -0.25) is 9.59 Å². The average molecular weight is 376 g/mol. The number of aromatic nitrogens is 2. The molecule has 6 nitrogen and oxygen atoms in total. The summed E-state index contributed by atoms with van der Waals surface area (Å²) in [4.78, 5) is 29.4. The Labute approximate surface area is 164 Å². The quantitative estimate of drug-likeness (QED) is 0.703. The molecule has 0 saturated carbocycles. The third-order valence-electron chi connectivity index (χ3n) is 5.35. The zero-order chi connectivity index (χ0) is 19.7. The molecule has 0 radical (unpaired) electrons. The van der Waals surface area contributed by atoms with Gasteiger partial charge in [-0.05, 0) is 30.7 Å². The van der Waals surface area contributed by atoms with Crippen LogP contribution in [0.4, 0.5) is 5.69 Å². The number of anilines is 1. The van der Waals surface area contributed by atoms with Crippen LogP contribution in [0.2, 0.25) is 0 Å². The highest BCUT2D eigenvalue weighted by Gasteiger charge is 2.23. The minimum absolute atomic E-state index is 0.0557. The summed E-state index contributed by atoms with van der Waals surface area (Å²) in [5.74, 6) is 0.0557. The van der Waals surface area contributed by atoms with Crippen molar-refractivity contribution < 1.29 is 4.79 Å². The predicted octanol–water partition coefficient (Wildman–Crippen LogP) is 2.13. The molecule has 1 saturated heterocycles. The van der Waals surface area contributed by atoms with Crippen LogP contribution >= 0.6 is 0 Å². The number of hydrogen-bond acceptors (Lipinski definition) is 4. The smallest absolute Gasteiger partial charge is 0.274 e. The monoisotopic (exact) mass is 376 g/mol. The molecule has 0 spiro atoms. The fourth-order valence-electron chi connectivity index (χ4n) is 3.80. The van der Waals surface area contributed by atoms with E-state index in [1.807, 2.05) is 23.1 Å². The van der Waals surface area contributed by atoms with E-state index in [4.69, 9.17) is 0 Å². The Morgan fingerprint density at radius 2 is 1.71 bits per heavy atom. The Kier molecular flexibility index (Phi) is 4.86. The highest BCUT2D eigenvalue weighted by molar-refractivity contribution is 5.88. The molecule has 28 heavy (non-hydrogen) atoms. The molecule has 1 fully saturated rings. The van der Waals surface area contributed by atoms with E-state index in [2.05, 4.69) is 41.2 Å². The number of nitrogens with zero attached hydrogens (tertiary/aromatic N) is 4. The first-order valence-corrected chi connectivity index (χ1v) is 9.57. The SMILES string of the molecule is Cc1cccc(N2CCN(C(=O)Cc3nn(C)c(=O)c4ccccc34)CC2)c1. The lowest BCUT2D eigenvalue weighted by Crippen LogP contribution is -2.49. The maximum atomic E-state index is 12.9. The van der Waals surface area contributed by atoms with Crippen molar-refractivity contribution in [2.24, 2.45) is 7.05 Å². The van der Waals surface area contributed by atoms with Crippen molar-refractivity contribution in [1.29, 1.82) is 0 Å². The molecule has 0 bridgehead atoms. The van der Waals surface area contributed by atoms with E-state index >= 15 is 0 Å². The van der Waals surface area contributed by atoms with Crippen LogP contribution in [0.3, 0.4) is 0 Å². The van der Waals surface area contributed by atoms with Crippen LogP contribution in [0.1, 0.15) is 11.3 Å². The highest BCUT2D eigenvalue weighted by Crippen LogP contribution is 2.19. The van der Waals surface area contributed by atoms with Gasteiger partial charge >= 0.3 is 0 Å². The fraction of sp³-hybridized carbons (Fsp3) is 0.318. The molecular formula is C22H24N4O2. The van der Waals surface area contributed by atoms with Crippen molar-refractivity contribution in [3.8, 4) is 0 Å². The van der Waals surface area contributed by atoms with Crippen LogP contribution in [0.15, 0.2) is 53.3 Å². The summed E-state index contributed by atoms with van der Waals surface area (Å²) in [6, 6.07) is 15.8. The van der Waals surface area contributed by atoms with Crippen molar-refractivity contribution in [3.05, 3.63) is 70.1 Å². The van der Waals surface area contributed by atoms with Crippen molar-refractivity contribution >= 4 is 22.4 Å². The Balaban J connectivity index is 1.48. The number of fused-ring (bicyclic) bond motifs is 1. The van der Waals surface area contributed by atoms with Gasteiger partial charge in [0.1, 0.15) is 0 Å². The molecule has 3 aromatic rings. The van der Waals surface area contributed by atoms with E-state index in [9.17, 15) is 9.59 Å². The van der Waals surface area contributed by atoms with E-state index in [1.165, 1.54) is 15.9 Å². The third kappa shape index (κ3) is 3.50. The summed E-state index contributed by atoms with van der Waals surface area (Å²) >= 11 is 0. The fourth-order valence-corrected chi connectivity index (χ4v) is 3.80. The first-order valence-electron chi connectivity index (χ1n) is 9.57. The van der Waals surface area contributed by atoms with Gasteiger partial charge in [0.2, 0.25) is 5.91 Å². The molecule has 2 heterocycles. The van der Waals surface area contributed by atoms with Gasteiger partial charge in [0.25, 0.3) is 5.56 Å². The van der Waals surface area contributed by atoms with Gasteiger partial charge in [-0.15, -0.1) is 0 Å². The zero-order valence-electron chi connectivity index (χ0n) is 16.3. The zero-order valence-corrected chi connectivity index (χ0v) is 16.3. The van der Waals surface area contributed by atoms with Gasteiger partial charge in [-0.25, -0.2) is 4.68 Å². The number of benzene rings is 2. The molecule has 1 aliphatic heterocycles. The van der Waals surface area contributed by atoms with Crippen molar-refractivity contribution in [3.63, 3.8) is 0 Å². The maximum absolute atomic E-state index is 12.9. The molecule has 0 N–H and O–H groups in total. The molecule has 4 rings (SSSR count). The molecule has 1 aromatic heterocycles. The summed E-state index contributed by atoms with van der Waals surface area (Å²) in [5.41, 5.74) is 2.96. The first kappa shape index (κ1) is 18.2. The van der Waals surface area contributed by atoms with Gasteiger partial charge in [0.15, 0.2) is 0 Å². The van der Waals surface area contributed by atoms with Crippen LogP contribution in [0.5, 0.6) is 0 Å². The van der Waals surface area contributed by atoms with Crippen LogP contribution in [-0.2, 0) is 18.3 Å². The minimum Gasteiger partial charge on any atom is -0.368 e. The molecule has 0 aliphatic carbocycles. The largest absolute Gasteiger partial charge is 0.368 e. The van der Waals surface area contributed by atoms with E-state index in [-0.39, 0.29) is 17.9 Å². The number of rotatable bonds is 3. The van der Waals surface area contributed by atoms with Crippen LogP contribution in [0.25, 0.3) is 10.8 Å². The first-order chi connectivity index (χ1) is 13.5. The molecule has 0 unspecified atom stereocenters. The lowest BCUT2D eigenvalue weighted by molar-refractivity contribution is -0.130. The topological polar surface area (TPSA) is 58.4 Å². The Bertz CT molecular complexity index is 1080. The number of hydrogen-bond donors (Lipinski definition) is 0. The number of amides is 1. The summed E-state index contributed by atoms with van der Waals surface area (Å²) in [6.45, 7) is 5.11. The van der Waals surface area contributed by atoms with Crippen molar-refractivity contribution in [2.45, 2.75) is 13.3 Å². The molecule has 1 aliphatic rings. The van der Waals surface area contributed by atoms with E-state index in [1.54, 1.807) is 13.1 Å². The molecule has 2 aromatic carbocycles. The Hall–Kier alpha value is -3.15. The summed E-state index contributed by atoms with van der Waals surface area (Å²) in [5, 5.41) is 5.72. The standard InChI is InChI=1S/C22H24N4O2/c1-16-6-5-7-17(14-16)25-10-12-26(13-11-25)21(27)15-20-18-8-3-4-9-19(18)22(28)24(2)23-20/h3-9,14H,10-13,15H2,1-2H3. The third-order valence-corrected chi connectivity index (χ3v) is 5.35. The Morgan fingerprint density at radius 1 is 1.00 bits per heavy atom. The summed E-state index contributed by atoms with van der Waals surface area (Å²) < 4.78 is 1.32. The Morgan fingerprint density at radius 3 is 2.43 bits per heavy atom. The molecule has 1 amide bonds. The number of carbonyl (C=O) groups is 1. The van der Waals surface area contributed by atoms with Gasteiger partial charge < -0.3 is 9.80 Å². The van der Waals surface area contributed by atoms with Gasteiger partial charge in [-0.1, -0.05) is 30.3 Å². The van der Waals surface area contributed by atoms with E-state index < -0.39 is 0 Å². The second-order valence-corrected chi connectivity index (χ2v) is 7.30. The van der Waals surface area contributed by atoms with Gasteiger partial charge in [0, 0.05) is 44.3 Å². The van der Waals surface area contributed by atoms with E-state index in [0.717, 1.165) is 18.5 Å². The predicted molar refractivity (Wildman–Crippen MR) is 111 cm³/mol. The second-order valence-electron chi connectivity index (χ2n) is 7.30. The summed E-state index contributed by atoms with van der Waals surface area (Å²) in [6.07, 6.45) is 0.207. The molecular weight excluding hydrogens is 352 g/mol. The van der Waals surface area contributed by atoms with Crippen molar-refractivity contribution in [1.82, 2.24) is 14.7 Å². The van der Waals surface area contributed by atoms with E-state index in [0.29, 0.717) is 24.2 Å². The van der Waals surface area contributed by atoms with Gasteiger partial charge in [0.05, 0.1) is 17.5 Å². The minimum atomic E-state index is -0.140.